The first-order valence-corrected chi connectivity index (χ1v) is 4.99. The summed E-state index contributed by atoms with van der Waals surface area (Å²) >= 11 is 0. The van der Waals surface area contributed by atoms with E-state index < -0.39 is 5.91 Å². The summed E-state index contributed by atoms with van der Waals surface area (Å²) in [5.74, 6) is -0.531. The maximum absolute atomic E-state index is 10.7. The fourth-order valence-electron chi connectivity index (χ4n) is 1.22. The van der Waals surface area contributed by atoms with E-state index in [1.807, 2.05) is 44.2 Å². The van der Waals surface area contributed by atoms with Gasteiger partial charge in [-0.15, -0.1) is 0 Å². The monoisotopic (exact) mass is 217 g/mol. The van der Waals surface area contributed by atoms with E-state index in [4.69, 9.17) is 5.21 Å². The molecule has 0 heterocycles. The minimum absolute atomic E-state index is 0.531. The lowest BCUT2D eigenvalue weighted by atomic mass is 10.1. The summed E-state index contributed by atoms with van der Waals surface area (Å²) in [4.78, 5) is 10.7. The molecular weight excluding hydrogens is 202 g/mol. The molecule has 0 aliphatic carbocycles. The van der Waals surface area contributed by atoms with Crippen LogP contribution in [-0.2, 0) is 4.79 Å². The smallest absolute Gasteiger partial charge is 0.267 e. The highest BCUT2D eigenvalue weighted by molar-refractivity contribution is 5.87. The van der Waals surface area contributed by atoms with Crippen molar-refractivity contribution in [2.24, 2.45) is 0 Å². The third-order valence-corrected chi connectivity index (χ3v) is 2.08. The first kappa shape index (κ1) is 12.2. The number of nitrogens with one attached hydrogen (secondary N) is 1. The predicted molar refractivity (Wildman–Crippen MR) is 63.9 cm³/mol. The Bertz CT molecular complexity index is 416. The van der Waals surface area contributed by atoms with Gasteiger partial charge in [-0.05, 0) is 19.4 Å². The summed E-state index contributed by atoms with van der Waals surface area (Å²) in [5.41, 5.74) is 4.77. The summed E-state index contributed by atoms with van der Waals surface area (Å²) in [5, 5.41) is 8.30. The van der Waals surface area contributed by atoms with Gasteiger partial charge in [0.05, 0.1) is 0 Å². The van der Waals surface area contributed by atoms with Crippen LogP contribution in [0, 0.1) is 6.92 Å². The number of hydrogen-bond acceptors (Lipinski definition) is 2. The SMILES string of the molecule is CC(/C=C/C(=O)NO)=C\c1ccc(C)cc1. The number of rotatable bonds is 3. The first-order valence-electron chi connectivity index (χ1n) is 4.99. The molecule has 0 aromatic heterocycles. The van der Waals surface area contributed by atoms with Crippen molar-refractivity contribution in [3.63, 3.8) is 0 Å². The number of allylic oxidation sites excluding steroid dienone is 2. The van der Waals surface area contributed by atoms with Crippen LogP contribution < -0.4 is 5.48 Å². The van der Waals surface area contributed by atoms with Crippen molar-refractivity contribution in [1.82, 2.24) is 5.48 Å². The van der Waals surface area contributed by atoms with E-state index in [9.17, 15) is 4.79 Å². The van der Waals surface area contributed by atoms with E-state index in [1.54, 1.807) is 6.08 Å². The fourth-order valence-corrected chi connectivity index (χ4v) is 1.22. The zero-order valence-corrected chi connectivity index (χ0v) is 9.40. The number of carbonyl (C=O) groups is 1. The molecule has 0 aliphatic heterocycles. The molecule has 3 nitrogen and oxygen atoms in total. The molecule has 16 heavy (non-hydrogen) atoms. The molecule has 3 heteroatoms. The van der Waals surface area contributed by atoms with Gasteiger partial charge in [0.2, 0.25) is 0 Å². The van der Waals surface area contributed by atoms with Gasteiger partial charge in [-0.2, -0.15) is 0 Å². The van der Waals surface area contributed by atoms with Gasteiger partial charge in [0.15, 0.2) is 0 Å². The Hall–Kier alpha value is -1.87. The van der Waals surface area contributed by atoms with Crippen LogP contribution in [0.4, 0.5) is 0 Å². The van der Waals surface area contributed by atoms with Gasteiger partial charge in [-0.3, -0.25) is 10.0 Å². The number of amides is 1. The Kier molecular flexibility index (Phi) is 4.48. The molecule has 0 unspecified atom stereocenters. The lowest BCUT2D eigenvalue weighted by molar-refractivity contribution is -0.124. The van der Waals surface area contributed by atoms with Crippen LogP contribution in [0.2, 0.25) is 0 Å². The molecule has 0 fully saturated rings. The van der Waals surface area contributed by atoms with E-state index in [0.717, 1.165) is 11.1 Å². The Labute approximate surface area is 95.1 Å². The van der Waals surface area contributed by atoms with Crippen LogP contribution in [-0.4, -0.2) is 11.1 Å². The van der Waals surface area contributed by atoms with E-state index in [-0.39, 0.29) is 0 Å². The highest BCUT2D eigenvalue weighted by atomic mass is 16.5. The summed E-state index contributed by atoms with van der Waals surface area (Å²) in [7, 11) is 0. The van der Waals surface area contributed by atoms with E-state index >= 15 is 0 Å². The van der Waals surface area contributed by atoms with Crippen LogP contribution in [0.15, 0.2) is 42.0 Å². The lowest BCUT2D eigenvalue weighted by Gasteiger charge is -1.96. The number of hydroxylamine groups is 1. The van der Waals surface area contributed by atoms with Crippen molar-refractivity contribution in [3.05, 3.63) is 53.1 Å². The molecule has 1 amide bonds. The zero-order chi connectivity index (χ0) is 12.0. The lowest BCUT2D eigenvalue weighted by Crippen LogP contribution is -2.14. The van der Waals surface area contributed by atoms with Crippen molar-refractivity contribution in [1.29, 1.82) is 0 Å². The first-order chi connectivity index (χ1) is 7.61. The number of carbonyl (C=O) groups excluding carboxylic acids is 1. The number of benzene rings is 1. The molecule has 0 aliphatic rings. The summed E-state index contributed by atoms with van der Waals surface area (Å²) < 4.78 is 0. The molecule has 0 bridgehead atoms. The van der Waals surface area contributed by atoms with Gasteiger partial charge in [-0.25, -0.2) is 5.48 Å². The second-order valence-corrected chi connectivity index (χ2v) is 3.61. The van der Waals surface area contributed by atoms with E-state index in [1.165, 1.54) is 17.1 Å². The molecule has 0 saturated carbocycles. The Balaban J connectivity index is 2.73. The topological polar surface area (TPSA) is 49.3 Å². The summed E-state index contributed by atoms with van der Waals surface area (Å²) in [6.07, 6.45) is 4.88. The average Bonchev–Trinajstić information content (AvgIpc) is 2.29. The van der Waals surface area contributed by atoms with Crippen molar-refractivity contribution in [2.75, 3.05) is 0 Å². The highest BCUT2D eigenvalue weighted by Crippen LogP contribution is 2.08. The van der Waals surface area contributed by atoms with E-state index in [0.29, 0.717) is 0 Å². The molecule has 84 valence electrons. The van der Waals surface area contributed by atoms with Crippen molar-refractivity contribution < 1.29 is 10.0 Å². The van der Waals surface area contributed by atoms with Gasteiger partial charge in [0.25, 0.3) is 5.91 Å². The van der Waals surface area contributed by atoms with Gasteiger partial charge < -0.3 is 0 Å². The Morgan fingerprint density at radius 1 is 1.25 bits per heavy atom. The van der Waals surface area contributed by atoms with Gasteiger partial charge >= 0.3 is 0 Å². The standard InChI is InChI=1S/C13H15NO2/c1-10-3-6-12(7-4-10)9-11(2)5-8-13(15)14-16/h3-9,16H,1-2H3,(H,14,15)/b8-5+,11-9+. The molecule has 0 radical (unpaired) electrons. The fraction of sp³-hybridized carbons (Fsp3) is 0.154. The second kappa shape index (κ2) is 5.88. The van der Waals surface area contributed by atoms with Crippen LogP contribution in [0.3, 0.4) is 0 Å². The molecule has 1 aromatic rings. The quantitative estimate of drug-likeness (QED) is 0.353. The third kappa shape index (κ3) is 4.11. The van der Waals surface area contributed by atoms with E-state index in [2.05, 4.69) is 0 Å². The third-order valence-electron chi connectivity index (χ3n) is 2.08. The molecule has 2 N–H and O–H groups in total. The van der Waals surface area contributed by atoms with Gasteiger partial charge in [0.1, 0.15) is 0 Å². The normalized spacial score (nSPS) is 11.8. The molecule has 1 aromatic carbocycles. The summed E-state index contributed by atoms with van der Waals surface area (Å²) in [6.45, 7) is 3.92. The average molecular weight is 217 g/mol. The highest BCUT2D eigenvalue weighted by Gasteiger charge is 1.91. The largest absolute Gasteiger partial charge is 0.288 e. The maximum Gasteiger partial charge on any atom is 0.267 e. The van der Waals surface area contributed by atoms with Crippen LogP contribution in [0.1, 0.15) is 18.1 Å². The van der Waals surface area contributed by atoms with Gasteiger partial charge in [0, 0.05) is 6.08 Å². The van der Waals surface area contributed by atoms with Crippen LogP contribution in [0.5, 0.6) is 0 Å². The molecular formula is C13H15NO2. The van der Waals surface area contributed by atoms with Crippen LogP contribution in [0.25, 0.3) is 6.08 Å². The minimum Gasteiger partial charge on any atom is -0.288 e. The molecule has 1 rings (SSSR count). The van der Waals surface area contributed by atoms with Crippen molar-refractivity contribution in [2.45, 2.75) is 13.8 Å². The summed E-state index contributed by atoms with van der Waals surface area (Å²) in [6, 6.07) is 8.09. The number of aryl methyl sites for hydroxylation is 1. The zero-order valence-electron chi connectivity index (χ0n) is 9.40. The molecule has 0 atom stereocenters. The minimum atomic E-state index is -0.531. The molecule has 0 spiro atoms. The van der Waals surface area contributed by atoms with Crippen molar-refractivity contribution in [3.8, 4) is 0 Å². The Morgan fingerprint density at radius 3 is 2.44 bits per heavy atom. The Morgan fingerprint density at radius 2 is 1.88 bits per heavy atom. The molecule has 0 saturated heterocycles. The maximum atomic E-state index is 10.7. The van der Waals surface area contributed by atoms with Gasteiger partial charge in [-0.1, -0.05) is 47.6 Å². The van der Waals surface area contributed by atoms with Crippen molar-refractivity contribution >= 4 is 12.0 Å². The predicted octanol–water partition coefficient (Wildman–Crippen LogP) is 2.46. The van der Waals surface area contributed by atoms with Crippen LogP contribution >= 0.6 is 0 Å². The second-order valence-electron chi connectivity index (χ2n) is 3.61. The number of hydrogen-bond donors (Lipinski definition) is 2.